The topological polar surface area (TPSA) is 108 Å². The van der Waals surface area contributed by atoms with Gasteiger partial charge in [-0.3, -0.25) is 14.4 Å². The number of carbonyl (C=O) groups excluding carboxylic acids is 1. The van der Waals surface area contributed by atoms with Crippen LogP contribution in [0.4, 0.5) is 0 Å². The Balaban J connectivity index is 2.90. The van der Waals surface area contributed by atoms with Gasteiger partial charge >= 0.3 is 11.9 Å². The van der Waals surface area contributed by atoms with Crippen LogP contribution in [0.25, 0.3) is 0 Å². The molecule has 0 saturated heterocycles. The van der Waals surface area contributed by atoms with E-state index in [1.807, 2.05) is 0 Å². The molecule has 92 valence electrons. The van der Waals surface area contributed by atoms with Gasteiger partial charge in [0.15, 0.2) is 0 Å². The zero-order valence-electron chi connectivity index (χ0n) is 8.42. The molecule has 1 aromatic heterocycles. The van der Waals surface area contributed by atoms with Crippen molar-refractivity contribution in [3.63, 3.8) is 0 Å². The van der Waals surface area contributed by atoms with E-state index in [9.17, 15) is 14.4 Å². The molecule has 0 radical (unpaired) electrons. The summed E-state index contributed by atoms with van der Waals surface area (Å²) in [5.74, 6) is -3.45. The molecule has 7 nitrogen and oxygen atoms in total. The minimum Gasteiger partial charge on any atom is -0.480 e. The maximum Gasteiger partial charge on any atom is 0.323 e. The molecular weight excluding hydrogens is 254 g/mol. The van der Waals surface area contributed by atoms with Crippen molar-refractivity contribution in [2.45, 2.75) is 0 Å². The summed E-state index contributed by atoms with van der Waals surface area (Å²) in [5, 5.41) is 16.9. The number of aliphatic carboxylic acids is 2. The van der Waals surface area contributed by atoms with Crippen LogP contribution in [-0.4, -0.2) is 46.0 Å². The molecule has 0 aliphatic carbocycles. The zero-order chi connectivity index (χ0) is 13.0. The van der Waals surface area contributed by atoms with Crippen molar-refractivity contribution in [1.29, 1.82) is 0 Å². The third-order valence-corrected chi connectivity index (χ3v) is 2.08. The first-order valence-electron chi connectivity index (χ1n) is 4.37. The van der Waals surface area contributed by atoms with E-state index in [2.05, 4.69) is 4.42 Å². The van der Waals surface area contributed by atoms with E-state index in [1.165, 1.54) is 6.07 Å². The number of amides is 1. The Bertz CT molecular complexity index is 438. The van der Waals surface area contributed by atoms with Gasteiger partial charge in [0.1, 0.15) is 13.1 Å². The normalized spacial score (nSPS) is 9.94. The van der Waals surface area contributed by atoms with E-state index in [0.717, 1.165) is 6.26 Å². The van der Waals surface area contributed by atoms with Crippen molar-refractivity contribution in [3.8, 4) is 0 Å². The Labute approximate surface area is 100 Å². The van der Waals surface area contributed by atoms with Crippen molar-refractivity contribution >= 4 is 29.4 Å². The summed E-state index contributed by atoms with van der Waals surface area (Å²) in [7, 11) is 0. The quantitative estimate of drug-likeness (QED) is 0.801. The number of furan rings is 1. The van der Waals surface area contributed by atoms with Crippen molar-refractivity contribution in [3.05, 3.63) is 23.1 Å². The molecule has 1 heterocycles. The summed E-state index contributed by atoms with van der Waals surface area (Å²) in [6.45, 7) is -1.46. The zero-order valence-corrected chi connectivity index (χ0v) is 9.18. The first kappa shape index (κ1) is 13.0. The van der Waals surface area contributed by atoms with Gasteiger partial charge in [-0.15, -0.1) is 0 Å². The molecule has 17 heavy (non-hydrogen) atoms. The molecule has 0 aliphatic rings. The maximum atomic E-state index is 11.8. The first-order chi connectivity index (χ1) is 7.91. The minimum atomic E-state index is -1.32. The van der Waals surface area contributed by atoms with Gasteiger partial charge in [0.2, 0.25) is 5.22 Å². The highest BCUT2D eigenvalue weighted by molar-refractivity contribution is 6.32. The van der Waals surface area contributed by atoms with Gasteiger partial charge < -0.3 is 19.5 Å². The first-order valence-corrected chi connectivity index (χ1v) is 4.75. The molecule has 0 aromatic carbocycles. The Morgan fingerprint density at radius 1 is 1.24 bits per heavy atom. The lowest BCUT2D eigenvalue weighted by molar-refractivity contribution is -0.140. The molecule has 1 rings (SSSR count). The van der Waals surface area contributed by atoms with Crippen molar-refractivity contribution in [2.24, 2.45) is 0 Å². The van der Waals surface area contributed by atoms with Crippen LogP contribution >= 0.6 is 11.6 Å². The highest BCUT2D eigenvalue weighted by atomic mass is 35.5. The third kappa shape index (κ3) is 3.49. The summed E-state index contributed by atoms with van der Waals surface area (Å²) in [6, 6.07) is 1.24. The second-order valence-corrected chi connectivity index (χ2v) is 3.40. The molecule has 0 unspecified atom stereocenters. The number of hydrogen-bond donors (Lipinski definition) is 2. The van der Waals surface area contributed by atoms with Gasteiger partial charge in [0.25, 0.3) is 5.91 Å². The highest BCUT2D eigenvalue weighted by Crippen LogP contribution is 2.18. The summed E-state index contributed by atoms with van der Waals surface area (Å²) in [4.78, 5) is 33.4. The van der Waals surface area contributed by atoms with Crippen LogP contribution in [0.15, 0.2) is 16.7 Å². The number of halogens is 1. The van der Waals surface area contributed by atoms with Crippen LogP contribution in [0.1, 0.15) is 10.4 Å². The van der Waals surface area contributed by atoms with Crippen molar-refractivity contribution in [1.82, 2.24) is 4.90 Å². The molecule has 8 heteroatoms. The van der Waals surface area contributed by atoms with E-state index in [1.54, 1.807) is 0 Å². The van der Waals surface area contributed by atoms with Crippen molar-refractivity contribution in [2.75, 3.05) is 13.1 Å². The summed E-state index contributed by atoms with van der Waals surface area (Å²) >= 11 is 5.54. The molecule has 0 atom stereocenters. The number of hydrogen-bond acceptors (Lipinski definition) is 4. The van der Waals surface area contributed by atoms with Gasteiger partial charge in [-0.2, -0.15) is 0 Å². The van der Waals surface area contributed by atoms with Crippen LogP contribution in [0.2, 0.25) is 5.22 Å². The fourth-order valence-electron chi connectivity index (χ4n) is 1.14. The van der Waals surface area contributed by atoms with E-state index >= 15 is 0 Å². The van der Waals surface area contributed by atoms with Gasteiger partial charge in [-0.25, -0.2) is 0 Å². The average Bonchev–Trinajstić information content (AvgIpc) is 2.61. The predicted molar refractivity (Wildman–Crippen MR) is 54.9 cm³/mol. The fourth-order valence-corrected chi connectivity index (χ4v) is 1.34. The van der Waals surface area contributed by atoms with Crippen molar-refractivity contribution < 1.29 is 29.0 Å². The molecule has 0 bridgehead atoms. The van der Waals surface area contributed by atoms with Gasteiger partial charge in [0.05, 0.1) is 11.8 Å². The second kappa shape index (κ2) is 5.35. The molecule has 0 saturated carbocycles. The van der Waals surface area contributed by atoms with E-state index in [0.29, 0.717) is 4.90 Å². The summed E-state index contributed by atoms with van der Waals surface area (Å²) in [6.07, 6.45) is 1.15. The van der Waals surface area contributed by atoms with Crippen LogP contribution < -0.4 is 0 Å². The lowest BCUT2D eigenvalue weighted by atomic mass is 10.3. The number of carbonyl (C=O) groups is 3. The Kier molecular flexibility index (Phi) is 4.11. The van der Waals surface area contributed by atoms with Gasteiger partial charge in [-0.05, 0) is 17.7 Å². The van der Waals surface area contributed by atoms with Crippen LogP contribution in [-0.2, 0) is 9.59 Å². The Hall–Kier alpha value is -2.02. The molecule has 2 N–H and O–H groups in total. The van der Waals surface area contributed by atoms with Crippen LogP contribution in [0, 0.1) is 0 Å². The lowest BCUT2D eigenvalue weighted by Gasteiger charge is -2.17. The van der Waals surface area contributed by atoms with Gasteiger partial charge in [-0.1, -0.05) is 0 Å². The summed E-state index contributed by atoms with van der Waals surface area (Å²) in [5.41, 5.74) is -0.0748. The lowest BCUT2D eigenvalue weighted by Crippen LogP contribution is -2.39. The molecule has 1 aromatic rings. The third-order valence-electron chi connectivity index (χ3n) is 1.79. The van der Waals surface area contributed by atoms with E-state index < -0.39 is 30.9 Å². The number of carboxylic acids is 2. The summed E-state index contributed by atoms with van der Waals surface area (Å²) < 4.78 is 4.67. The fraction of sp³-hybridized carbons (Fsp3) is 0.222. The largest absolute Gasteiger partial charge is 0.480 e. The molecule has 0 spiro atoms. The average molecular weight is 262 g/mol. The van der Waals surface area contributed by atoms with Crippen LogP contribution in [0.3, 0.4) is 0 Å². The molecule has 0 aliphatic heterocycles. The SMILES string of the molecule is O=C(O)CN(CC(=O)O)C(=O)c1ccoc1Cl. The van der Waals surface area contributed by atoms with E-state index in [-0.39, 0.29) is 10.8 Å². The molecular formula is C9H8ClNO6. The monoisotopic (exact) mass is 261 g/mol. The highest BCUT2D eigenvalue weighted by Gasteiger charge is 2.24. The van der Waals surface area contributed by atoms with E-state index in [4.69, 9.17) is 21.8 Å². The number of carboxylic acid groups (broad SMARTS) is 2. The maximum absolute atomic E-state index is 11.8. The number of nitrogens with zero attached hydrogens (tertiary/aromatic N) is 1. The smallest absolute Gasteiger partial charge is 0.323 e. The standard InChI is InChI=1S/C9H8ClNO6/c10-8-5(1-2-17-8)9(16)11(3-6(12)13)4-7(14)15/h1-2H,3-4H2,(H,12,13)(H,14,15). The predicted octanol–water partition coefficient (Wildman–Crippen LogP) is 0.544. The molecule has 0 fully saturated rings. The Morgan fingerprint density at radius 3 is 2.12 bits per heavy atom. The second-order valence-electron chi connectivity index (χ2n) is 3.06. The van der Waals surface area contributed by atoms with Crippen LogP contribution in [0.5, 0.6) is 0 Å². The Morgan fingerprint density at radius 2 is 1.76 bits per heavy atom. The number of rotatable bonds is 5. The minimum absolute atomic E-state index is 0.0748. The van der Waals surface area contributed by atoms with Gasteiger partial charge in [0, 0.05) is 0 Å². The molecule has 1 amide bonds.